The molecule has 1 saturated heterocycles. The van der Waals surface area contributed by atoms with E-state index in [9.17, 15) is 5.11 Å². The summed E-state index contributed by atoms with van der Waals surface area (Å²) in [6.07, 6.45) is 0.680. The summed E-state index contributed by atoms with van der Waals surface area (Å²) < 4.78 is 11.0. The number of ether oxygens (including phenoxy) is 2. The topological polar surface area (TPSA) is 41.9 Å². The number of rotatable bonds is 6. The summed E-state index contributed by atoms with van der Waals surface area (Å²) in [6.45, 7) is 9.88. The van der Waals surface area contributed by atoms with Crippen LogP contribution in [0.2, 0.25) is 0 Å². The molecule has 4 nitrogen and oxygen atoms in total. The van der Waals surface area contributed by atoms with Gasteiger partial charge in [-0.3, -0.25) is 4.90 Å². The van der Waals surface area contributed by atoms with Gasteiger partial charge in [0.1, 0.15) is 0 Å². The zero-order valence-electron chi connectivity index (χ0n) is 10.7. The van der Waals surface area contributed by atoms with Gasteiger partial charge >= 0.3 is 0 Å². The van der Waals surface area contributed by atoms with Crippen LogP contribution in [-0.2, 0) is 9.47 Å². The molecule has 0 amide bonds. The van der Waals surface area contributed by atoms with Crippen molar-refractivity contribution < 1.29 is 14.6 Å². The first-order chi connectivity index (χ1) is 7.67. The fraction of sp³-hybridized carbons (Fsp3) is 1.00. The Bertz CT molecular complexity index is 183. The van der Waals surface area contributed by atoms with E-state index in [2.05, 4.69) is 11.8 Å². The second kappa shape index (κ2) is 7.22. The Kier molecular flexibility index (Phi) is 6.28. The second-order valence-electron chi connectivity index (χ2n) is 4.43. The molecule has 1 fully saturated rings. The van der Waals surface area contributed by atoms with Crippen molar-refractivity contribution in [2.24, 2.45) is 5.92 Å². The summed E-state index contributed by atoms with van der Waals surface area (Å²) in [4.78, 5) is 2.22. The van der Waals surface area contributed by atoms with Crippen LogP contribution in [-0.4, -0.2) is 55.2 Å². The molecule has 4 heteroatoms. The van der Waals surface area contributed by atoms with Crippen LogP contribution < -0.4 is 0 Å². The van der Waals surface area contributed by atoms with Gasteiger partial charge in [0.05, 0.1) is 6.10 Å². The minimum absolute atomic E-state index is 0.157. The highest BCUT2D eigenvalue weighted by Crippen LogP contribution is 2.17. The van der Waals surface area contributed by atoms with Gasteiger partial charge < -0.3 is 14.6 Å². The van der Waals surface area contributed by atoms with E-state index in [4.69, 9.17) is 9.47 Å². The summed E-state index contributed by atoms with van der Waals surface area (Å²) >= 11 is 0. The first-order valence-corrected chi connectivity index (χ1v) is 6.31. The molecule has 2 atom stereocenters. The summed E-state index contributed by atoms with van der Waals surface area (Å²) in [5, 5.41) is 9.80. The maximum absolute atomic E-state index is 9.80. The van der Waals surface area contributed by atoms with Crippen LogP contribution in [0, 0.1) is 5.92 Å². The Morgan fingerprint density at radius 3 is 2.44 bits per heavy atom. The molecule has 0 aromatic heterocycles. The van der Waals surface area contributed by atoms with Gasteiger partial charge in [-0.2, -0.15) is 0 Å². The number of piperidine rings is 1. The molecular weight excluding hydrogens is 206 g/mol. The van der Waals surface area contributed by atoms with Gasteiger partial charge in [0, 0.05) is 26.3 Å². The average molecular weight is 231 g/mol. The van der Waals surface area contributed by atoms with Gasteiger partial charge in [0.25, 0.3) is 0 Å². The van der Waals surface area contributed by atoms with Crippen molar-refractivity contribution in [2.45, 2.75) is 39.6 Å². The minimum atomic E-state index is -0.211. The molecule has 96 valence electrons. The van der Waals surface area contributed by atoms with Crippen LogP contribution in [0.3, 0.4) is 0 Å². The molecule has 0 unspecified atom stereocenters. The molecule has 0 saturated carbocycles. The Hall–Kier alpha value is -0.160. The van der Waals surface area contributed by atoms with E-state index in [0.717, 1.165) is 26.1 Å². The summed E-state index contributed by atoms with van der Waals surface area (Å²) in [7, 11) is 0. The third-order valence-electron chi connectivity index (χ3n) is 3.12. The minimum Gasteiger partial charge on any atom is -0.392 e. The molecule has 1 rings (SSSR count). The Labute approximate surface area is 98.5 Å². The first kappa shape index (κ1) is 13.9. The molecule has 0 radical (unpaired) electrons. The fourth-order valence-electron chi connectivity index (χ4n) is 2.02. The van der Waals surface area contributed by atoms with E-state index < -0.39 is 0 Å². The highest BCUT2D eigenvalue weighted by molar-refractivity contribution is 4.77. The van der Waals surface area contributed by atoms with Gasteiger partial charge in [-0.05, 0) is 32.7 Å². The Morgan fingerprint density at radius 1 is 1.31 bits per heavy atom. The standard InChI is InChI=1S/C12H25NO3/c1-4-15-12(16-5-2)9-13-7-6-10(3)11(14)8-13/h10-12,14H,4-9H2,1-3H3/t10-,11+/m0/s1. The fourth-order valence-corrected chi connectivity index (χ4v) is 2.02. The van der Waals surface area contributed by atoms with E-state index in [1.807, 2.05) is 13.8 Å². The second-order valence-corrected chi connectivity index (χ2v) is 4.43. The summed E-state index contributed by atoms with van der Waals surface area (Å²) in [6, 6.07) is 0. The molecule has 1 N–H and O–H groups in total. The molecule has 0 spiro atoms. The zero-order chi connectivity index (χ0) is 12.0. The number of likely N-dealkylation sites (tertiary alicyclic amines) is 1. The van der Waals surface area contributed by atoms with Crippen molar-refractivity contribution >= 4 is 0 Å². The average Bonchev–Trinajstić information content (AvgIpc) is 2.24. The smallest absolute Gasteiger partial charge is 0.170 e. The lowest BCUT2D eigenvalue weighted by Gasteiger charge is -2.35. The van der Waals surface area contributed by atoms with Gasteiger partial charge in [-0.15, -0.1) is 0 Å². The van der Waals surface area contributed by atoms with Crippen molar-refractivity contribution in [1.82, 2.24) is 4.90 Å². The number of aliphatic hydroxyl groups is 1. The summed E-state index contributed by atoms with van der Waals surface area (Å²) in [5.74, 6) is 0.411. The molecule has 0 aliphatic carbocycles. The molecule has 1 aliphatic rings. The quantitative estimate of drug-likeness (QED) is 0.695. The van der Waals surface area contributed by atoms with Crippen LogP contribution in [0.25, 0.3) is 0 Å². The van der Waals surface area contributed by atoms with Crippen molar-refractivity contribution in [3.63, 3.8) is 0 Å². The summed E-state index contributed by atoms with van der Waals surface area (Å²) in [5.41, 5.74) is 0. The highest BCUT2D eigenvalue weighted by Gasteiger charge is 2.26. The van der Waals surface area contributed by atoms with E-state index in [1.165, 1.54) is 0 Å². The van der Waals surface area contributed by atoms with Gasteiger partial charge in [0.15, 0.2) is 6.29 Å². The lowest BCUT2D eigenvalue weighted by Crippen LogP contribution is -2.46. The highest BCUT2D eigenvalue weighted by atomic mass is 16.7. The monoisotopic (exact) mass is 231 g/mol. The molecule has 1 heterocycles. The van der Waals surface area contributed by atoms with Crippen molar-refractivity contribution in [1.29, 1.82) is 0 Å². The van der Waals surface area contributed by atoms with E-state index in [0.29, 0.717) is 19.1 Å². The Morgan fingerprint density at radius 2 is 1.94 bits per heavy atom. The predicted molar refractivity (Wildman–Crippen MR) is 63.3 cm³/mol. The largest absolute Gasteiger partial charge is 0.392 e. The van der Waals surface area contributed by atoms with Crippen molar-refractivity contribution in [2.75, 3.05) is 32.8 Å². The first-order valence-electron chi connectivity index (χ1n) is 6.31. The Balaban J connectivity index is 2.33. The molecule has 0 aromatic rings. The van der Waals surface area contributed by atoms with E-state index >= 15 is 0 Å². The lowest BCUT2D eigenvalue weighted by molar-refractivity contribution is -0.152. The van der Waals surface area contributed by atoms with Crippen LogP contribution in [0.4, 0.5) is 0 Å². The van der Waals surface area contributed by atoms with Crippen molar-refractivity contribution in [3.8, 4) is 0 Å². The number of hydrogen-bond donors (Lipinski definition) is 1. The number of aliphatic hydroxyl groups excluding tert-OH is 1. The number of β-amino-alcohol motifs (C(OH)–C–C–N with tert-alkyl or cyclic N) is 1. The lowest BCUT2D eigenvalue weighted by atomic mass is 9.96. The third kappa shape index (κ3) is 4.37. The maximum Gasteiger partial charge on any atom is 0.170 e. The number of hydrogen-bond acceptors (Lipinski definition) is 4. The third-order valence-corrected chi connectivity index (χ3v) is 3.12. The van der Waals surface area contributed by atoms with Crippen molar-refractivity contribution in [3.05, 3.63) is 0 Å². The molecule has 1 aliphatic heterocycles. The van der Waals surface area contributed by atoms with Crippen LogP contribution in [0.1, 0.15) is 27.2 Å². The zero-order valence-corrected chi connectivity index (χ0v) is 10.7. The number of nitrogens with zero attached hydrogens (tertiary/aromatic N) is 1. The maximum atomic E-state index is 9.80. The van der Waals surface area contributed by atoms with E-state index in [-0.39, 0.29) is 12.4 Å². The molecule has 0 bridgehead atoms. The van der Waals surface area contributed by atoms with E-state index in [1.54, 1.807) is 0 Å². The SMILES string of the molecule is CCOC(CN1CC[C@H](C)[C@H](O)C1)OCC. The van der Waals surface area contributed by atoms with Crippen LogP contribution >= 0.6 is 0 Å². The normalized spacial score (nSPS) is 27.6. The molecule has 16 heavy (non-hydrogen) atoms. The van der Waals surface area contributed by atoms with Crippen LogP contribution in [0.5, 0.6) is 0 Å². The van der Waals surface area contributed by atoms with Gasteiger partial charge in [-0.25, -0.2) is 0 Å². The molecule has 0 aromatic carbocycles. The van der Waals surface area contributed by atoms with Gasteiger partial charge in [-0.1, -0.05) is 6.92 Å². The predicted octanol–water partition coefficient (Wildman–Crippen LogP) is 1.09. The van der Waals surface area contributed by atoms with Gasteiger partial charge in [0.2, 0.25) is 0 Å². The van der Waals surface area contributed by atoms with Crippen LogP contribution in [0.15, 0.2) is 0 Å². The molecular formula is C12H25NO3.